The summed E-state index contributed by atoms with van der Waals surface area (Å²) in [6.45, 7) is 2.03. The molecule has 1 aliphatic heterocycles. The minimum absolute atomic E-state index is 0.0196. The second-order valence-corrected chi connectivity index (χ2v) is 12.4. The fraction of sp³-hybridized carbons (Fsp3) is 0.375. The summed E-state index contributed by atoms with van der Waals surface area (Å²) in [5, 5.41) is 10.7. The first-order valence-electron chi connectivity index (χ1n) is 14.7. The van der Waals surface area contributed by atoms with E-state index in [0.29, 0.717) is 45.7 Å². The Morgan fingerprint density at radius 1 is 1.09 bits per heavy atom. The maximum Gasteiger partial charge on any atom is 0.418 e. The Bertz CT molecular complexity index is 1770. The fourth-order valence-electron chi connectivity index (χ4n) is 6.23. The van der Waals surface area contributed by atoms with Gasteiger partial charge in [-0.2, -0.15) is 13.2 Å². The minimum atomic E-state index is -4.70. The molecule has 3 fully saturated rings. The molecule has 2 aromatic carbocycles. The number of alkyl halides is 3. The molecule has 1 saturated heterocycles. The van der Waals surface area contributed by atoms with E-state index < -0.39 is 29.2 Å². The Balaban J connectivity index is 1.24. The highest BCUT2D eigenvalue weighted by atomic mass is 19.4. The summed E-state index contributed by atoms with van der Waals surface area (Å²) in [7, 11) is 1.74. The molecule has 1 spiro atoms. The number of nitrogens with two attached hydrogens (primary N) is 1. The summed E-state index contributed by atoms with van der Waals surface area (Å²) >= 11 is 0. The van der Waals surface area contributed by atoms with Crippen LogP contribution in [0.5, 0.6) is 0 Å². The van der Waals surface area contributed by atoms with Gasteiger partial charge < -0.3 is 15.6 Å². The van der Waals surface area contributed by atoms with Crippen molar-refractivity contribution < 1.29 is 22.4 Å². The second-order valence-electron chi connectivity index (χ2n) is 12.4. The molecule has 8 nitrogen and oxygen atoms in total. The van der Waals surface area contributed by atoms with Crippen LogP contribution in [0.15, 0.2) is 48.8 Å². The number of aryl methyl sites for hydroxylation is 1. The maximum atomic E-state index is 14.4. The van der Waals surface area contributed by atoms with Crippen molar-refractivity contribution in [2.45, 2.75) is 50.7 Å². The van der Waals surface area contributed by atoms with Crippen LogP contribution in [0.2, 0.25) is 0 Å². The van der Waals surface area contributed by atoms with E-state index in [2.05, 4.69) is 25.4 Å². The number of pyridine rings is 1. The van der Waals surface area contributed by atoms with Crippen LogP contribution in [-0.2, 0) is 19.8 Å². The average molecular weight is 606 g/mol. The smallest absolute Gasteiger partial charge is 0.397 e. The number of anilines is 2. The SMILES string of the molecule is Cn1cnnc1-c1cc(F)ccc1-c1cc(C(=O)Nc2cc(CN3CCC4(CC4)C3)cc(C(F)(F)F)c2N)nc(C2CC2)c1. The number of rotatable bonds is 7. The zero-order valence-electron chi connectivity index (χ0n) is 24.1. The van der Waals surface area contributed by atoms with Gasteiger partial charge in [-0.25, -0.2) is 9.37 Å². The van der Waals surface area contributed by atoms with Gasteiger partial charge >= 0.3 is 6.18 Å². The Morgan fingerprint density at radius 2 is 1.89 bits per heavy atom. The van der Waals surface area contributed by atoms with E-state index in [1.54, 1.807) is 23.7 Å². The van der Waals surface area contributed by atoms with Crippen molar-refractivity contribution in [1.29, 1.82) is 0 Å². The molecule has 4 aromatic rings. The highest BCUT2D eigenvalue weighted by molar-refractivity contribution is 6.05. The Hall–Kier alpha value is -4.32. The van der Waals surface area contributed by atoms with Crippen LogP contribution in [0.1, 0.15) is 65.3 Å². The van der Waals surface area contributed by atoms with Gasteiger partial charge in [0.1, 0.15) is 17.8 Å². The molecule has 228 valence electrons. The van der Waals surface area contributed by atoms with Crippen molar-refractivity contribution in [3.8, 4) is 22.5 Å². The highest BCUT2D eigenvalue weighted by Crippen LogP contribution is 2.53. The molecule has 2 aromatic heterocycles. The number of nitrogens with one attached hydrogen (secondary N) is 1. The van der Waals surface area contributed by atoms with Gasteiger partial charge in [0.25, 0.3) is 5.91 Å². The maximum absolute atomic E-state index is 14.4. The molecule has 2 aliphatic carbocycles. The first kappa shape index (κ1) is 28.5. The molecule has 3 heterocycles. The van der Waals surface area contributed by atoms with E-state index in [1.165, 1.54) is 24.5 Å². The Morgan fingerprint density at radius 3 is 2.55 bits per heavy atom. The van der Waals surface area contributed by atoms with E-state index >= 15 is 0 Å². The lowest BCUT2D eigenvalue weighted by Gasteiger charge is -2.20. The topological polar surface area (TPSA) is 102 Å². The van der Waals surface area contributed by atoms with Gasteiger partial charge in [0, 0.05) is 37.3 Å². The number of nitrogen functional groups attached to an aromatic ring is 1. The molecule has 0 radical (unpaired) electrons. The summed E-state index contributed by atoms with van der Waals surface area (Å²) in [6.07, 6.45) is 1.98. The van der Waals surface area contributed by atoms with Gasteiger partial charge in [0.2, 0.25) is 0 Å². The number of carbonyl (C=O) groups is 1. The second kappa shape index (κ2) is 10.4. The van der Waals surface area contributed by atoms with Crippen LogP contribution >= 0.6 is 0 Å². The zero-order chi connectivity index (χ0) is 30.8. The van der Waals surface area contributed by atoms with Crippen LogP contribution in [0.25, 0.3) is 22.5 Å². The lowest BCUT2D eigenvalue weighted by Crippen LogP contribution is -2.22. The normalized spacial score (nSPS) is 17.8. The van der Waals surface area contributed by atoms with Crippen LogP contribution in [0, 0.1) is 11.2 Å². The number of carbonyl (C=O) groups excluding carboxylic acids is 1. The summed E-state index contributed by atoms with van der Waals surface area (Å²) in [5.74, 6) is -0.560. The number of likely N-dealkylation sites (tertiary alicyclic amines) is 1. The Labute approximate surface area is 251 Å². The number of hydrogen-bond donors (Lipinski definition) is 2. The number of nitrogens with zero attached hydrogens (tertiary/aromatic N) is 5. The summed E-state index contributed by atoms with van der Waals surface area (Å²) in [6, 6.07) is 10.3. The quantitative estimate of drug-likeness (QED) is 0.187. The molecule has 1 amide bonds. The van der Waals surface area contributed by atoms with Crippen LogP contribution in [0.3, 0.4) is 0 Å². The minimum Gasteiger partial charge on any atom is -0.397 e. The standard InChI is InChI=1S/C32H31F4N7O/c1-42-17-38-41-29(42)23-14-21(33)4-5-22(23)20-12-25(19-2-3-19)39-27(13-20)30(44)40-26-11-18(10-24(28(26)37)32(34,35)36)15-43-9-8-31(16-43)6-7-31/h4-5,10-14,17,19H,2-3,6-9,15-16,37H2,1H3,(H,40,44). The van der Waals surface area contributed by atoms with E-state index in [0.717, 1.165) is 51.3 Å². The van der Waals surface area contributed by atoms with Gasteiger partial charge in [-0.3, -0.25) is 9.69 Å². The summed E-state index contributed by atoms with van der Waals surface area (Å²) < 4.78 is 58.2. The van der Waals surface area contributed by atoms with E-state index in [-0.39, 0.29) is 17.3 Å². The van der Waals surface area contributed by atoms with Crippen LogP contribution < -0.4 is 11.1 Å². The Kier molecular flexibility index (Phi) is 6.72. The number of benzene rings is 2. The van der Waals surface area contributed by atoms with Crippen molar-refractivity contribution in [3.63, 3.8) is 0 Å². The van der Waals surface area contributed by atoms with Crippen LogP contribution in [-0.4, -0.2) is 43.6 Å². The summed E-state index contributed by atoms with van der Waals surface area (Å²) in [4.78, 5) is 20.4. The van der Waals surface area contributed by atoms with E-state index in [4.69, 9.17) is 5.73 Å². The zero-order valence-corrected chi connectivity index (χ0v) is 24.1. The van der Waals surface area contributed by atoms with Crippen molar-refractivity contribution in [2.24, 2.45) is 12.5 Å². The van der Waals surface area contributed by atoms with Crippen LogP contribution in [0.4, 0.5) is 28.9 Å². The van der Waals surface area contributed by atoms with Crippen molar-refractivity contribution in [2.75, 3.05) is 24.1 Å². The lowest BCUT2D eigenvalue weighted by molar-refractivity contribution is -0.136. The molecule has 0 atom stereocenters. The molecule has 0 unspecified atom stereocenters. The lowest BCUT2D eigenvalue weighted by atomic mass is 9.97. The predicted octanol–water partition coefficient (Wildman–Crippen LogP) is 6.40. The molecule has 7 rings (SSSR count). The third-order valence-electron chi connectivity index (χ3n) is 8.99. The van der Waals surface area contributed by atoms with Gasteiger partial charge in [0.15, 0.2) is 5.82 Å². The van der Waals surface area contributed by atoms with Gasteiger partial charge in [0.05, 0.1) is 16.9 Å². The molecule has 12 heteroatoms. The average Bonchev–Trinajstić information content (AvgIpc) is 3.88. The molecule has 3 aliphatic rings. The van der Waals surface area contributed by atoms with E-state index in [9.17, 15) is 22.4 Å². The summed E-state index contributed by atoms with van der Waals surface area (Å²) in [5.41, 5.74) is 7.53. The molecule has 0 bridgehead atoms. The molecule has 2 saturated carbocycles. The number of hydrogen-bond acceptors (Lipinski definition) is 6. The first-order chi connectivity index (χ1) is 21.0. The molecular formula is C32H31F4N7O. The third-order valence-corrected chi connectivity index (χ3v) is 8.99. The number of aromatic nitrogens is 4. The van der Waals surface area contributed by atoms with Crippen molar-refractivity contribution in [1.82, 2.24) is 24.6 Å². The molecule has 3 N–H and O–H groups in total. The van der Waals surface area contributed by atoms with E-state index in [1.807, 2.05) is 6.07 Å². The van der Waals surface area contributed by atoms with Crippen molar-refractivity contribution >= 4 is 17.3 Å². The van der Waals surface area contributed by atoms with Gasteiger partial charge in [-0.15, -0.1) is 10.2 Å². The van der Waals surface area contributed by atoms with Gasteiger partial charge in [-0.05, 0) is 97.2 Å². The largest absolute Gasteiger partial charge is 0.418 e. The monoisotopic (exact) mass is 605 g/mol. The fourth-order valence-corrected chi connectivity index (χ4v) is 6.23. The number of amides is 1. The van der Waals surface area contributed by atoms with Crippen molar-refractivity contribution in [3.05, 3.63) is 77.1 Å². The third kappa shape index (κ3) is 5.54. The highest BCUT2D eigenvalue weighted by Gasteiger charge is 2.47. The number of halogens is 4. The van der Waals surface area contributed by atoms with Gasteiger partial charge in [-0.1, -0.05) is 6.07 Å². The molecule has 44 heavy (non-hydrogen) atoms. The molecular weight excluding hydrogens is 574 g/mol. The predicted molar refractivity (Wildman–Crippen MR) is 157 cm³/mol. The first-order valence-corrected chi connectivity index (χ1v) is 14.7.